The third-order valence-corrected chi connectivity index (χ3v) is 4.61. The molecule has 0 aromatic rings. The van der Waals surface area contributed by atoms with E-state index in [0.717, 1.165) is 30.8 Å². The molecule has 3 atom stereocenters. The molecule has 2 fully saturated rings. The average molecular weight is 242 g/mol. The molecule has 0 aliphatic carbocycles. The summed E-state index contributed by atoms with van der Waals surface area (Å²) in [4.78, 5) is 4.08. The van der Waals surface area contributed by atoms with Crippen molar-refractivity contribution < 1.29 is 10.1 Å². The van der Waals surface area contributed by atoms with Gasteiger partial charge < -0.3 is 15.5 Å². The van der Waals surface area contributed by atoms with Gasteiger partial charge >= 0.3 is 0 Å². The zero-order chi connectivity index (χ0) is 11.5. The minimum atomic E-state index is 0.446. The highest BCUT2D eigenvalue weighted by atomic mass is 32.2. The van der Waals surface area contributed by atoms with Crippen molar-refractivity contribution in [2.45, 2.75) is 36.6 Å². The second kappa shape index (κ2) is 5.01. The van der Waals surface area contributed by atoms with Crippen molar-refractivity contribution in [1.29, 1.82) is 0 Å². The Labute approximate surface area is 100 Å². The SMILES string of the molecule is C=C1NC2CSC(CCCC(=C)OO)C2N1. The normalized spacial score (nSPS) is 31.8. The van der Waals surface area contributed by atoms with Crippen LogP contribution in [0.3, 0.4) is 0 Å². The zero-order valence-corrected chi connectivity index (χ0v) is 10.1. The Morgan fingerprint density at radius 3 is 3.12 bits per heavy atom. The lowest BCUT2D eigenvalue weighted by molar-refractivity contribution is -0.205. The smallest absolute Gasteiger partial charge is 0.135 e. The van der Waals surface area contributed by atoms with Crippen LogP contribution in [-0.4, -0.2) is 28.3 Å². The first-order valence-corrected chi connectivity index (χ1v) is 6.58. The first-order chi connectivity index (χ1) is 7.70. The van der Waals surface area contributed by atoms with Crippen molar-refractivity contribution >= 4 is 11.8 Å². The molecule has 0 amide bonds. The summed E-state index contributed by atoms with van der Waals surface area (Å²) in [5.74, 6) is 2.53. The Bertz CT molecular complexity index is 296. The molecule has 2 aliphatic rings. The second-order valence-electron chi connectivity index (χ2n) is 4.29. The van der Waals surface area contributed by atoms with Gasteiger partial charge in [-0.25, -0.2) is 5.26 Å². The number of rotatable bonds is 5. The molecule has 2 rings (SSSR count). The van der Waals surface area contributed by atoms with Crippen LogP contribution in [0, 0.1) is 0 Å². The van der Waals surface area contributed by atoms with E-state index in [0.29, 0.717) is 23.1 Å². The number of hydrogen-bond acceptors (Lipinski definition) is 5. The van der Waals surface area contributed by atoms with Gasteiger partial charge in [-0.1, -0.05) is 13.2 Å². The molecule has 0 radical (unpaired) electrons. The molecule has 3 N–H and O–H groups in total. The summed E-state index contributed by atoms with van der Waals surface area (Å²) < 4.78 is 0. The van der Waals surface area contributed by atoms with Gasteiger partial charge in [-0.2, -0.15) is 11.8 Å². The Kier molecular flexibility index (Phi) is 3.66. The Hall–Kier alpha value is -0.810. The largest absolute Gasteiger partial charge is 0.367 e. The highest BCUT2D eigenvalue weighted by Crippen LogP contribution is 2.34. The minimum Gasteiger partial charge on any atom is -0.367 e. The summed E-state index contributed by atoms with van der Waals surface area (Å²) in [5, 5.41) is 15.7. The van der Waals surface area contributed by atoms with Crippen LogP contribution in [-0.2, 0) is 4.89 Å². The van der Waals surface area contributed by atoms with E-state index in [9.17, 15) is 0 Å². The Balaban J connectivity index is 1.74. The number of hydrogen-bond donors (Lipinski definition) is 3. The fourth-order valence-corrected chi connectivity index (χ4v) is 3.84. The van der Waals surface area contributed by atoms with Crippen molar-refractivity contribution in [2.24, 2.45) is 0 Å². The van der Waals surface area contributed by atoms with E-state index in [4.69, 9.17) is 5.26 Å². The lowest BCUT2D eigenvalue weighted by Gasteiger charge is -2.17. The summed E-state index contributed by atoms with van der Waals surface area (Å²) >= 11 is 2.00. The van der Waals surface area contributed by atoms with Gasteiger partial charge in [0.2, 0.25) is 0 Å². The topological polar surface area (TPSA) is 53.5 Å². The van der Waals surface area contributed by atoms with E-state index in [1.54, 1.807) is 0 Å². The monoisotopic (exact) mass is 242 g/mol. The van der Waals surface area contributed by atoms with Crippen molar-refractivity contribution in [3.63, 3.8) is 0 Å². The molecule has 4 nitrogen and oxygen atoms in total. The van der Waals surface area contributed by atoms with Crippen LogP contribution in [0.25, 0.3) is 0 Å². The van der Waals surface area contributed by atoms with E-state index in [1.807, 2.05) is 11.8 Å². The molecule has 2 heterocycles. The zero-order valence-electron chi connectivity index (χ0n) is 9.24. The number of fused-ring (bicyclic) bond motifs is 1. The summed E-state index contributed by atoms with van der Waals surface area (Å²) in [6.07, 6.45) is 2.82. The molecule has 0 aromatic carbocycles. The van der Waals surface area contributed by atoms with Crippen LogP contribution in [0.2, 0.25) is 0 Å². The molecular weight excluding hydrogens is 224 g/mol. The summed E-state index contributed by atoms with van der Waals surface area (Å²) in [7, 11) is 0. The predicted octanol–water partition coefficient (Wildman–Crippen LogP) is 1.68. The van der Waals surface area contributed by atoms with E-state index in [1.165, 1.54) is 0 Å². The third kappa shape index (κ3) is 2.47. The predicted molar refractivity (Wildman–Crippen MR) is 65.9 cm³/mol. The average Bonchev–Trinajstić information content (AvgIpc) is 2.78. The van der Waals surface area contributed by atoms with Crippen molar-refractivity contribution in [1.82, 2.24) is 10.6 Å². The number of allylic oxidation sites excluding steroid dienone is 1. The molecule has 0 spiro atoms. The van der Waals surface area contributed by atoms with E-state index in [2.05, 4.69) is 28.7 Å². The van der Waals surface area contributed by atoms with E-state index >= 15 is 0 Å². The Morgan fingerprint density at radius 2 is 2.38 bits per heavy atom. The lowest BCUT2D eigenvalue weighted by Crippen LogP contribution is -2.36. The molecule has 0 bridgehead atoms. The highest BCUT2D eigenvalue weighted by molar-refractivity contribution is 8.00. The maximum atomic E-state index is 8.37. The van der Waals surface area contributed by atoms with E-state index in [-0.39, 0.29) is 0 Å². The van der Waals surface area contributed by atoms with Crippen LogP contribution in [0.1, 0.15) is 19.3 Å². The Morgan fingerprint density at radius 1 is 1.56 bits per heavy atom. The van der Waals surface area contributed by atoms with Gasteiger partial charge in [0.25, 0.3) is 0 Å². The molecular formula is C11H18N2O2S. The number of thioether (sulfide) groups is 1. The van der Waals surface area contributed by atoms with Gasteiger partial charge in [-0.05, 0) is 12.8 Å². The van der Waals surface area contributed by atoms with Crippen LogP contribution >= 0.6 is 11.8 Å². The molecule has 2 saturated heterocycles. The standard InChI is InChI=1S/C11H18N2O2S/c1-7(15-14)4-3-5-10-11-9(6-16-10)12-8(2)13-11/h9-14H,1-6H2. The second-order valence-corrected chi connectivity index (χ2v) is 5.57. The molecule has 3 unspecified atom stereocenters. The highest BCUT2D eigenvalue weighted by Gasteiger charge is 2.40. The molecule has 5 heteroatoms. The molecule has 0 saturated carbocycles. The van der Waals surface area contributed by atoms with Gasteiger partial charge in [0.15, 0.2) is 0 Å². The van der Waals surface area contributed by atoms with Gasteiger partial charge in [0.1, 0.15) is 5.76 Å². The minimum absolute atomic E-state index is 0.446. The number of nitrogens with one attached hydrogen (secondary N) is 2. The van der Waals surface area contributed by atoms with Gasteiger partial charge in [-0.3, -0.25) is 0 Å². The molecule has 2 aliphatic heterocycles. The van der Waals surface area contributed by atoms with Gasteiger partial charge in [-0.15, -0.1) is 0 Å². The van der Waals surface area contributed by atoms with Crippen LogP contribution in [0.4, 0.5) is 0 Å². The van der Waals surface area contributed by atoms with Crippen molar-refractivity contribution in [2.75, 3.05) is 5.75 Å². The fourth-order valence-electron chi connectivity index (χ4n) is 2.29. The molecule has 16 heavy (non-hydrogen) atoms. The van der Waals surface area contributed by atoms with Gasteiger partial charge in [0, 0.05) is 17.4 Å². The molecule has 90 valence electrons. The first-order valence-electron chi connectivity index (χ1n) is 5.53. The first kappa shape index (κ1) is 11.7. The maximum absolute atomic E-state index is 8.37. The van der Waals surface area contributed by atoms with Crippen molar-refractivity contribution in [3.05, 3.63) is 24.7 Å². The quantitative estimate of drug-likeness (QED) is 0.389. The van der Waals surface area contributed by atoms with Crippen LogP contribution in [0.15, 0.2) is 24.7 Å². The maximum Gasteiger partial charge on any atom is 0.135 e. The van der Waals surface area contributed by atoms with Crippen molar-refractivity contribution in [3.8, 4) is 0 Å². The van der Waals surface area contributed by atoms with E-state index < -0.39 is 0 Å². The fraction of sp³-hybridized carbons (Fsp3) is 0.636. The lowest BCUT2D eigenvalue weighted by atomic mass is 10.0. The van der Waals surface area contributed by atoms with Crippen LogP contribution < -0.4 is 10.6 Å². The van der Waals surface area contributed by atoms with Crippen LogP contribution in [0.5, 0.6) is 0 Å². The summed E-state index contributed by atoms with van der Waals surface area (Å²) in [6, 6.07) is 1.03. The third-order valence-electron chi connectivity index (χ3n) is 3.10. The summed E-state index contributed by atoms with van der Waals surface area (Å²) in [6.45, 7) is 7.49. The summed E-state index contributed by atoms with van der Waals surface area (Å²) in [5.41, 5.74) is 0. The van der Waals surface area contributed by atoms with Gasteiger partial charge in [0.05, 0.1) is 17.9 Å². The molecule has 0 aromatic heterocycles.